The van der Waals surface area contributed by atoms with Crippen molar-refractivity contribution in [2.45, 2.75) is 6.92 Å². The van der Waals surface area contributed by atoms with Crippen LogP contribution in [0.1, 0.15) is 6.92 Å². The number of benzene rings is 2. The van der Waals surface area contributed by atoms with Gasteiger partial charge in [0.25, 0.3) is 0 Å². The highest BCUT2D eigenvalue weighted by Gasteiger charge is 2.08. The maximum Gasteiger partial charge on any atom is 0.225 e. The van der Waals surface area contributed by atoms with Gasteiger partial charge in [0.05, 0.1) is 5.69 Å². The Balaban J connectivity index is 1.87. The molecule has 3 rings (SSSR count). The van der Waals surface area contributed by atoms with Crippen molar-refractivity contribution in [3.63, 3.8) is 0 Å². The van der Waals surface area contributed by atoms with Gasteiger partial charge >= 0.3 is 0 Å². The molecule has 1 heterocycles. The van der Waals surface area contributed by atoms with E-state index in [0.717, 1.165) is 35.7 Å². The van der Waals surface area contributed by atoms with Crippen LogP contribution >= 0.6 is 0 Å². The molecule has 0 spiro atoms. The summed E-state index contributed by atoms with van der Waals surface area (Å²) < 4.78 is 0. The zero-order valence-electron chi connectivity index (χ0n) is 16.9. The summed E-state index contributed by atoms with van der Waals surface area (Å²) in [4.78, 5) is 22.7. The molecule has 0 aliphatic carbocycles. The molecular formula is C22H26N6O. The summed E-state index contributed by atoms with van der Waals surface area (Å²) in [5.41, 5.74) is 3.39. The highest BCUT2D eigenvalue weighted by Crippen LogP contribution is 2.24. The van der Waals surface area contributed by atoms with Crippen LogP contribution in [0, 0.1) is 0 Å². The van der Waals surface area contributed by atoms with Crippen molar-refractivity contribution < 1.29 is 4.79 Å². The molecule has 1 amide bonds. The SMILES string of the molecule is CC(=O)Nc1cccc(Nc2cc(-c3ccccc3)nc(NCCN(C)C)n2)c1. The number of carbonyl (C=O) groups excluding carboxylic acids is 1. The lowest BCUT2D eigenvalue weighted by Crippen LogP contribution is -2.21. The number of hydrogen-bond acceptors (Lipinski definition) is 6. The van der Waals surface area contributed by atoms with Crippen molar-refractivity contribution in [1.29, 1.82) is 0 Å². The maximum absolute atomic E-state index is 11.3. The third-order valence-corrected chi connectivity index (χ3v) is 4.09. The number of carbonyl (C=O) groups is 1. The summed E-state index contributed by atoms with van der Waals surface area (Å²) in [5, 5.41) is 9.39. The fourth-order valence-electron chi connectivity index (χ4n) is 2.76. The van der Waals surface area contributed by atoms with Crippen LogP contribution in [0.3, 0.4) is 0 Å². The largest absolute Gasteiger partial charge is 0.353 e. The Bertz CT molecular complexity index is 959. The summed E-state index contributed by atoms with van der Waals surface area (Å²) in [6.45, 7) is 3.10. The molecule has 0 saturated carbocycles. The molecule has 0 aliphatic heterocycles. The van der Waals surface area contributed by atoms with Gasteiger partial charge in [-0.2, -0.15) is 4.98 Å². The van der Waals surface area contributed by atoms with Gasteiger partial charge in [0.1, 0.15) is 5.82 Å². The molecule has 1 aromatic heterocycles. The normalized spacial score (nSPS) is 10.6. The number of anilines is 4. The number of amides is 1. The van der Waals surface area contributed by atoms with E-state index in [1.165, 1.54) is 6.92 Å². The molecule has 0 atom stereocenters. The fourth-order valence-corrected chi connectivity index (χ4v) is 2.76. The van der Waals surface area contributed by atoms with Crippen molar-refractivity contribution in [3.05, 3.63) is 60.7 Å². The standard InChI is InChI=1S/C22H26N6O/c1-16(29)24-18-10-7-11-19(14-18)25-21-15-20(17-8-5-4-6-9-17)26-22(27-21)23-12-13-28(2)3/h4-11,14-15H,12-13H2,1-3H3,(H,24,29)(H2,23,25,26,27). The van der Waals surface area contributed by atoms with E-state index in [2.05, 4.69) is 30.8 Å². The minimum atomic E-state index is -0.108. The summed E-state index contributed by atoms with van der Waals surface area (Å²) in [7, 11) is 4.05. The molecule has 2 aromatic carbocycles. The number of rotatable bonds is 8. The summed E-state index contributed by atoms with van der Waals surface area (Å²) in [6.07, 6.45) is 0. The Morgan fingerprint density at radius 3 is 2.45 bits per heavy atom. The van der Waals surface area contributed by atoms with Crippen LogP contribution < -0.4 is 16.0 Å². The first-order valence-corrected chi connectivity index (χ1v) is 9.47. The van der Waals surface area contributed by atoms with Gasteiger partial charge in [-0.3, -0.25) is 4.79 Å². The fraction of sp³-hybridized carbons (Fsp3) is 0.227. The zero-order chi connectivity index (χ0) is 20.6. The van der Waals surface area contributed by atoms with Crippen LogP contribution in [-0.4, -0.2) is 48.0 Å². The monoisotopic (exact) mass is 390 g/mol. The second kappa shape index (κ2) is 9.66. The molecule has 29 heavy (non-hydrogen) atoms. The second-order valence-electron chi connectivity index (χ2n) is 6.95. The van der Waals surface area contributed by atoms with Crippen LogP contribution in [0.4, 0.5) is 23.1 Å². The van der Waals surface area contributed by atoms with Crippen molar-refractivity contribution >= 4 is 29.0 Å². The highest BCUT2D eigenvalue weighted by molar-refractivity contribution is 5.89. The van der Waals surface area contributed by atoms with Gasteiger partial charge in [0.15, 0.2) is 0 Å². The first-order chi connectivity index (χ1) is 14.0. The number of likely N-dealkylation sites (N-methyl/N-ethyl adjacent to an activating group) is 1. The highest BCUT2D eigenvalue weighted by atomic mass is 16.1. The van der Waals surface area contributed by atoms with E-state index in [0.29, 0.717) is 11.8 Å². The van der Waals surface area contributed by atoms with E-state index in [9.17, 15) is 4.79 Å². The maximum atomic E-state index is 11.3. The zero-order valence-corrected chi connectivity index (χ0v) is 16.9. The molecule has 0 fully saturated rings. The number of nitrogens with zero attached hydrogens (tertiary/aromatic N) is 3. The van der Waals surface area contributed by atoms with E-state index in [-0.39, 0.29) is 5.91 Å². The number of hydrogen-bond donors (Lipinski definition) is 3. The molecule has 3 N–H and O–H groups in total. The number of nitrogens with one attached hydrogen (secondary N) is 3. The van der Waals surface area contributed by atoms with E-state index < -0.39 is 0 Å². The van der Waals surface area contributed by atoms with Crippen LogP contribution in [0.2, 0.25) is 0 Å². The smallest absolute Gasteiger partial charge is 0.225 e. The molecule has 0 aliphatic rings. The lowest BCUT2D eigenvalue weighted by atomic mass is 10.1. The van der Waals surface area contributed by atoms with E-state index in [1.807, 2.05) is 74.8 Å². The Kier molecular flexibility index (Phi) is 6.76. The molecule has 150 valence electrons. The Morgan fingerprint density at radius 1 is 0.966 bits per heavy atom. The van der Waals surface area contributed by atoms with Crippen molar-refractivity contribution in [1.82, 2.24) is 14.9 Å². The summed E-state index contributed by atoms with van der Waals surface area (Å²) in [5.74, 6) is 1.13. The first kappa shape index (κ1) is 20.3. The molecule has 3 aromatic rings. The third kappa shape index (κ3) is 6.29. The summed E-state index contributed by atoms with van der Waals surface area (Å²) >= 11 is 0. The Morgan fingerprint density at radius 2 is 1.72 bits per heavy atom. The van der Waals surface area contributed by atoms with Crippen molar-refractivity contribution in [2.75, 3.05) is 43.1 Å². The molecule has 0 bridgehead atoms. The minimum absolute atomic E-state index is 0.108. The van der Waals surface area contributed by atoms with Crippen LogP contribution in [0.5, 0.6) is 0 Å². The second-order valence-corrected chi connectivity index (χ2v) is 6.95. The topological polar surface area (TPSA) is 82.2 Å². The molecular weight excluding hydrogens is 364 g/mol. The molecule has 7 heteroatoms. The predicted octanol–water partition coefficient (Wildman–Crippen LogP) is 3.82. The quantitative estimate of drug-likeness (QED) is 0.542. The molecule has 0 radical (unpaired) electrons. The van der Waals surface area contributed by atoms with E-state index in [1.54, 1.807) is 0 Å². The minimum Gasteiger partial charge on any atom is -0.353 e. The van der Waals surface area contributed by atoms with Crippen LogP contribution in [0.15, 0.2) is 60.7 Å². The van der Waals surface area contributed by atoms with Gasteiger partial charge in [0.2, 0.25) is 11.9 Å². The van der Waals surface area contributed by atoms with E-state index >= 15 is 0 Å². The van der Waals surface area contributed by atoms with Gasteiger partial charge in [-0.25, -0.2) is 4.98 Å². The predicted molar refractivity (Wildman–Crippen MR) is 119 cm³/mol. The lowest BCUT2D eigenvalue weighted by molar-refractivity contribution is -0.114. The first-order valence-electron chi connectivity index (χ1n) is 9.47. The lowest BCUT2D eigenvalue weighted by Gasteiger charge is -2.14. The van der Waals surface area contributed by atoms with Gasteiger partial charge < -0.3 is 20.9 Å². The third-order valence-electron chi connectivity index (χ3n) is 4.09. The molecule has 0 saturated heterocycles. The average Bonchev–Trinajstić information content (AvgIpc) is 2.68. The Hall–Kier alpha value is -3.45. The van der Waals surface area contributed by atoms with Gasteiger partial charge in [0, 0.05) is 43.0 Å². The van der Waals surface area contributed by atoms with Gasteiger partial charge in [-0.1, -0.05) is 36.4 Å². The number of aromatic nitrogens is 2. The van der Waals surface area contributed by atoms with E-state index in [4.69, 9.17) is 0 Å². The molecule has 0 unspecified atom stereocenters. The van der Waals surface area contributed by atoms with Crippen molar-refractivity contribution in [3.8, 4) is 11.3 Å². The van der Waals surface area contributed by atoms with Crippen LogP contribution in [0.25, 0.3) is 11.3 Å². The van der Waals surface area contributed by atoms with Crippen LogP contribution in [-0.2, 0) is 4.79 Å². The van der Waals surface area contributed by atoms with Gasteiger partial charge in [-0.15, -0.1) is 0 Å². The van der Waals surface area contributed by atoms with Gasteiger partial charge in [-0.05, 0) is 32.3 Å². The molecule has 7 nitrogen and oxygen atoms in total. The average molecular weight is 390 g/mol. The Labute approximate surface area is 171 Å². The van der Waals surface area contributed by atoms with Crippen molar-refractivity contribution in [2.24, 2.45) is 0 Å². The summed E-state index contributed by atoms with van der Waals surface area (Å²) in [6, 6.07) is 19.4.